The molecule has 79 valence electrons. The van der Waals surface area contributed by atoms with Gasteiger partial charge in [0.2, 0.25) is 0 Å². The SMILES string of the molecule is CCON=C(C)C(C)SS(=O)(=O)O.[Na]. The molecule has 0 heterocycles. The van der Waals surface area contributed by atoms with Crippen molar-refractivity contribution in [3.63, 3.8) is 0 Å². The summed E-state index contributed by atoms with van der Waals surface area (Å²) in [6.45, 7) is 5.47. The summed E-state index contributed by atoms with van der Waals surface area (Å²) in [5.41, 5.74) is 0.518. The van der Waals surface area contributed by atoms with E-state index >= 15 is 0 Å². The van der Waals surface area contributed by atoms with Gasteiger partial charge in [0.1, 0.15) is 6.61 Å². The maximum atomic E-state index is 10.4. The zero-order chi connectivity index (χ0) is 10.5. The van der Waals surface area contributed by atoms with Gasteiger partial charge in [-0.2, -0.15) is 8.42 Å². The van der Waals surface area contributed by atoms with Crippen molar-refractivity contribution in [2.24, 2.45) is 5.16 Å². The third-order valence-electron chi connectivity index (χ3n) is 1.19. The first-order valence-corrected chi connectivity index (χ1v) is 6.52. The maximum absolute atomic E-state index is 10.4. The quantitative estimate of drug-likeness (QED) is 0.258. The second kappa shape index (κ2) is 7.95. The molecule has 1 atom stereocenters. The Bertz CT molecular complexity index is 278. The van der Waals surface area contributed by atoms with Gasteiger partial charge in [0.15, 0.2) is 0 Å². The minimum absolute atomic E-state index is 0. The zero-order valence-corrected chi connectivity index (χ0v) is 12.4. The summed E-state index contributed by atoms with van der Waals surface area (Å²) in [7, 11) is -3.58. The maximum Gasteiger partial charge on any atom is 0.320 e. The van der Waals surface area contributed by atoms with E-state index < -0.39 is 14.4 Å². The summed E-state index contributed by atoms with van der Waals surface area (Å²) in [5.74, 6) is 0. The molecule has 0 aliphatic rings. The van der Waals surface area contributed by atoms with Crippen LogP contribution in [0, 0.1) is 0 Å². The van der Waals surface area contributed by atoms with Gasteiger partial charge in [0.25, 0.3) is 0 Å². The first-order valence-electron chi connectivity index (χ1n) is 3.69. The van der Waals surface area contributed by atoms with E-state index in [1.165, 1.54) is 0 Å². The molecule has 1 unspecified atom stereocenters. The molecule has 0 aromatic heterocycles. The van der Waals surface area contributed by atoms with Gasteiger partial charge in [0.05, 0.1) is 11.0 Å². The number of oxime groups is 1. The fourth-order valence-corrected chi connectivity index (χ4v) is 2.55. The van der Waals surface area contributed by atoms with Crippen LogP contribution in [0.4, 0.5) is 0 Å². The molecule has 0 fully saturated rings. The van der Waals surface area contributed by atoms with E-state index in [0.29, 0.717) is 23.1 Å². The van der Waals surface area contributed by atoms with Gasteiger partial charge in [-0.1, -0.05) is 5.16 Å². The largest absolute Gasteiger partial charge is 0.396 e. The van der Waals surface area contributed by atoms with Crippen molar-refractivity contribution < 1.29 is 17.8 Å². The van der Waals surface area contributed by atoms with Crippen LogP contribution in [0.25, 0.3) is 0 Å². The standard InChI is InChI=1S/C6H13NO4S2.Na/c1-4-11-7-5(2)6(3)12-13(8,9)10;/h6H,4H2,1-3H3,(H,8,9,10);. The Hall–Kier alpha value is 0.730. The van der Waals surface area contributed by atoms with Gasteiger partial charge < -0.3 is 4.84 Å². The molecule has 0 aliphatic carbocycles. The Morgan fingerprint density at radius 2 is 2.14 bits per heavy atom. The van der Waals surface area contributed by atoms with Gasteiger partial charge >= 0.3 is 9.15 Å². The topological polar surface area (TPSA) is 76.0 Å². The fraction of sp³-hybridized carbons (Fsp3) is 0.833. The van der Waals surface area contributed by atoms with E-state index in [2.05, 4.69) is 5.16 Å². The summed E-state index contributed by atoms with van der Waals surface area (Å²) in [5, 5.41) is 3.23. The van der Waals surface area contributed by atoms with Crippen LogP contribution in [0.15, 0.2) is 5.16 Å². The molecule has 0 saturated carbocycles. The first-order chi connectivity index (χ1) is 5.87. The normalized spacial score (nSPS) is 14.4. The molecule has 5 nitrogen and oxygen atoms in total. The third-order valence-corrected chi connectivity index (χ3v) is 3.66. The minimum Gasteiger partial charge on any atom is -0.396 e. The first kappa shape index (κ1) is 17.1. The molecule has 0 spiro atoms. The Morgan fingerprint density at radius 1 is 1.64 bits per heavy atom. The predicted octanol–water partition coefficient (Wildman–Crippen LogP) is 0.943. The smallest absolute Gasteiger partial charge is 0.320 e. The fourth-order valence-electron chi connectivity index (χ4n) is 0.493. The van der Waals surface area contributed by atoms with Gasteiger partial charge in [-0.05, 0) is 20.8 Å². The number of hydrogen-bond acceptors (Lipinski definition) is 5. The Labute approximate surface area is 110 Å². The molecule has 0 rings (SSSR count). The zero-order valence-electron chi connectivity index (χ0n) is 8.72. The van der Waals surface area contributed by atoms with Crippen molar-refractivity contribution in [1.82, 2.24) is 0 Å². The molecule has 0 aromatic rings. The van der Waals surface area contributed by atoms with Crippen molar-refractivity contribution in [3.05, 3.63) is 0 Å². The second-order valence-electron chi connectivity index (χ2n) is 2.32. The molecule has 1 N–H and O–H groups in total. The average Bonchev–Trinajstić information content (AvgIpc) is 1.96. The molecule has 0 aromatic carbocycles. The third kappa shape index (κ3) is 9.29. The molecule has 0 saturated heterocycles. The summed E-state index contributed by atoms with van der Waals surface area (Å²) >= 11 is 0. The van der Waals surface area contributed by atoms with Crippen LogP contribution in [-0.2, 0) is 14.0 Å². The molecule has 14 heavy (non-hydrogen) atoms. The van der Waals surface area contributed by atoms with Crippen molar-refractivity contribution in [2.45, 2.75) is 26.0 Å². The second-order valence-corrected chi connectivity index (χ2v) is 5.91. The summed E-state index contributed by atoms with van der Waals surface area (Å²) in [6, 6.07) is 0. The Balaban J connectivity index is 0. The Morgan fingerprint density at radius 3 is 2.50 bits per heavy atom. The van der Waals surface area contributed by atoms with E-state index in [4.69, 9.17) is 9.39 Å². The van der Waals surface area contributed by atoms with Crippen LogP contribution in [-0.4, -0.2) is 60.1 Å². The van der Waals surface area contributed by atoms with Crippen molar-refractivity contribution in [2.75, 3.05) is 6.61 Å². The van der Waals surface area contributed by atoms with Crippen LogP contribution < -0.4 is 0 Å². The summed E-state index contributed by atoms with van der Waals surface area (Å²) in [4.78, 5) is 4.73. The van der Waals surface area contributed by atoms with Crippen LogP contribution >= 0.6 is 10.8 Å². The van der Waals surface area contributed by atoms with Gasteiger partial charge in [0, 0.05) is 40.4 Å². The molecule has 1 radical (unpaired) electrons. The number of nitrogens with zero attached hydrogens (tertiary/aromatic N) is 1. The van der Waals surface area contributed by atoms with Gasteiger partial charge in [-0.15, -0.1) is 0 Å². The van der Waals surface area contributed by atoms with Crippen molar-refractivity contribution in [1.29, 1.82) is 0 Å². The molecule has 8 heteroatoms. The van der Waals surface area contributed by atoms with Crippen LogP contribution in [0.5, 0.6) is 0 Å². The van der Waals surface area contributed by atoms with E-state index in [1.54, 1.807) is 20.8 Å². The monoisotopic (exact) mass is 250 g/mol. The van der Waals surface area contributed by atoms with E-state index in [1.807, 2.05) is 0 Å². The van der Waals surface area contributed by atoms with Crippen molar-refractivity contribution in [3.8, 4) is 0 Å². The van der Waals surface area contributed by atoms with E-state index in [9.17, 15) is 8.42 Å². The van der Waals surface area contributed by atoms with E-state index in [0.717, 1.165) is 0 Å². The average molecular weight is 250 g/mol. The van der Waals surface area contributed by atoms with Crippen LogP contribution in [0.1, 0.15) is 20.8 Å². The van der Waals surface area contributed by atoms with E-state index in [-0.39, 0.29) is 29.6 Å². The molecular formula is C6H13NNaO4S2. The van der Waals surface area contributed by atoms with Gasteiger partial charge in [-0.3, -0.25) is 4.55 Å². The molecule has 0 bridgehead atoms. The van der Waals surface area contributed by atoms with Crippen LogP contribution in [0.2, 0.25) is 0 Å². The molecular weight excluding hydrogens is 237 g/mol. The van der Waals surface area contributed by atoms with Crippen molar-refractivity contribution >= 4 is 55.2 Å². The molecule has 0 aliphatic heterocycles. The van der Waals surface area contributed by atoms with Gasteiger partial charge in [-0.25, -0.2) is 0 Å². The molecule has 0 amide bonds. The predicted molar refractivity (Wildman–Crippen MR) is 59.1 cm³/mol. The number of hydrogen-bond donors (Lipinski definition) is 1. The number of rotatable bonds is 5. The summed E-state index contributed by atoms with van der Waals surface area (Å²) < 4.78 is 29.4. The Kier molecular flexibility index (Phi) is 9.73. The minimum atomic E-state index is -4.01. The van der Waals surface area contributed by atoms with Crippen LogP contribution in [0.3, 0.4) is 0 Å². The summed E-state index contributed by atoms with van der Waals surface area (Å²) in [6.07, 6.45) is 0.